The zero-order chi connectivity index (χ0) is 26.8. The van der Waals surface area contributed by atoms with Crippen LogP contribution in [0.5, 0.6) is 17.2 Å². The first-order valence-corrected chi connectivity index (χ1v) is 13.0. The SMILES string of the molecule is CCOc1cccc(/C(O)=C2\C(=O)C(=O)N(c3nc4ccc(OCC)cc4s3)C2c2ccc(OC)cc2)c1. The first kappa shape index (κ1) is 25.3. The molecule has 0 saturated carbocycles. The molecule has 4 aromatic rings. The van der Waals surface area contributed by atoms with Gasteiger partial charge in [0.1, 0.15) is 23.0 Å². The van der Waals surface area contributed by atoms with Gasteiger partial charge in [-0.05, 0) is 61.9 Å². The highest BCUT2D eigenvalue weighted by Gasteiger charge is 2.48. The minimum absolute atomic E-state index is 0.0249. The van der Waals surface area contributed by atoms with Gasteiger partial charge in [0.05, 0.1) is 42.2 Å². The summed E-state index contributed by atoms with van der Waals surface area (Å²) in [5, 5.41) is 11.7. The Kier molecular flexibility index (Phi) is 7.02. The zero-order valence-corrected chi connectivity index (χ0v) is 22.0. The van der Waals surface area contributed by atoms with Gasteiger partial charge >= 0.3 is 5.91 Å². The van der Waals surface area contributed by atoms with Gasteiger partial charge in [0, 0.05) is 5.56 Å². The molecule has 0 bridgehead atoms. The van der Waals surface area contributed by atoms with Crippen LogP contribution >= 0.6 is 11.3 Å². The Morgan fingerprint density at radius 1 is 0.947 bits per heavy atom. The predicted molar refractivity (Wildman–Crippen MR) is 146 cm³/mol. The number of hydrogen-bond acceptors (Lipinski definition) is 8. The smallest absolute Gasteiger partial charge is 0.301 e. The van der Waals surface area contributed by atoms with Crippen LogP contribution in [-0.2, 0) is 9.59 Å². The van der Waals surface area contributed by atoms with E-state index in [1.54, 1.807) is 55.6 Å². The van der Waals surface area contributed by atoms with Gasteiger partial charge in [-0.25, -0.2) is 4.98 Å². The number of ketones is 1. The predicted octanol–water partition coefficient (Wildman–Crippen LogP) is 5.73. The maximum atomic E-state index is 13.5. The van der Waals surface area contributed by atoms with Crippen molar-refractivity contribution in [1.29, 1.82) is 0 Å². The number of anilines is 1. The van der Waals surface area contributed by atoms with Crippen molar-refractivity contribution >= 4 is 44.1 Å². The molecule has 3 aromatic carbocycles. The molecule has 1 fully saturated rings. The summed E-state index contributed by atoms with van der Waals surface area (Å²) in [5.74, 6) is 0.0181. The molecule has 1 unspecified atom stereocenters. The second kappa shape index (κ2) is 10.5. The van der Waals surface area contributed by atoms with E-state index in [0.717, 1.165) is 4.70 Å². The van der Waals surface area contributed by atoms with E-state index in [4.69, 9.17) is 14.2 Å². The molecule has 0 radical (unpaired) electrons. The molecule has 0 spiro atoms. The van der Waals surface area contributed by atoms with E-state index in [-0.39, 0.29) is 11.3 Å². The van der Waals surface area contributed by atoms with Gasteiger partial charge in [-0.15, -0.1) is 0 Å². The second-order valence-electron chi connectivity index (χ2n) is 8.46. The molecule has 2 heterocycles. The molecule has 9 heteroatoms. The molecule has 1 atom stereocenters. The number of aliphatic hydroxyl groups excluding tert-OH is 1. The molecule has 1 N–H and O–H groups in total. The number of fused-ring (bicyclic) bond motifs is 1. The molecule has 1 saturated heterocycles. The maximum absolute atomic E-state index is 13.5. The number of thiazole rings is 1. The van der Waals surface area contributed by atoms with Crippen molar-refractivity contribution in [3.05, 3.63) is 83.4 Å². The van der Waals surface area contributed by atoms with Crippen LogP contribution in [0.3, 0.4) is 0 Å². The molecule has 1 amide bonds. The van der Waals surface area contributed by atoms with Gasteiger partial charge in [-0.2, -0.15) is 0 Å². The summed E-state index contributed by atoms with van der Waals surface area (Å²) in [7, 11) is 1.56. The van der Waals surface area contributed by atoms with E-state index in [1.165, 1.54) is 16.2 Å². The summed E-state index contributed by atoms with van der Waals surface area (Å²) in [4.78, 5) is 33.0. The fraction of sp³-hybridized carbons (Fsp3) is 0.207. The Labute approximate surface area is 223 Å². The molecule has 5 rings (SSSR count). The van der Waals surface area contributed by atoms with Crippen molar-refractivity contribution in [3.8, 4) is 17.2 Å². The molecular formula is C29H26N2O6S. The van der Waals surface area contributed by atoms with Crippen LogP contribution in [0.4, 0.5) is 5.13 Å². The van der Waals surface area contributed by atoms with Gasteiger partial charge < -0.3 is 19.3 Å². The lowest BCUT2D eigenvalue weighted by molar-refractivity contribution is -0.132. The van der Waals surface area contributed by atoms with E-state index in [9.17, 15) is 14.7 Å². The Morgan fingerprint density at radius 3 is 2.32 bits per heavy atom. The fourth-order valence-electron chi connectivity index (χ4n) is 4.44. The first-order valence-electron chi connectivity index (χ1n) is 12.2. The van der Waals surface area contributed by atoms with Crippen molar-refractivity contribution in [1.82, 2.24) is 4.98 Å². The third kappa shape index (κ3) is 4.56. The average molecular weight is 531 g/mol. The quantitative estimate of drug-likeness (QED) is 0.177. The van der Waals surface area contributed by atoms with Crippen molar-refractivity contribution in [2.75, 3.05) is 25.2 Å². The summed E-state index contributed by atoms with van der Waals surface area (Å²) < 4.78 is 17.3. The van der Waals surface area contributed by atoms with Crippen LogP contribution in [0.2, 0.25) is 0 Å². The lowest BCUT2D eigenvalue weighted by Crippen LogP contribution is -2.29. The van der Waals surface area contributed by atoms with Crippen molar-refractivity contribution in [2.24, 2.45) is 0 Å². The number of nitrogens with zero attached hydrogens (tertiary/aromatic N) is 2. The Balaban J connectivity index is 1.67. The number of amides is 1. The third-order valence-electron chi connectivity index (χ3n) is 6.16. The lowest BCUT2D eigenvalue weighted by atomic mass is 9.95. The van der Waals surface area contributed by atoms with E-state index in [2.05, 4.69) is 4.98 Å². The highest BCUT2D eigenvalue weighted by atomic mass is 32.1. The Bertz CT molecular complexity index is 1540. The monoisotopic (exact) mass is 530 g/mol. The summed E-state index contributed by atoms with van der Waals surface area (Å²) in [6.45, 7) is 4.73. The molecular weight excluding hydrogens is 504 g/mol. The lowest BCUT2D eigenvalue weighted by Gasteiger charge is -2.23. The molecule has 38 heavy (non-hydrogen) atoms. The highest BCUT2D eigenvalue weighted by Crippen LogP contribution is 2.45. The maximum Gasteiger partial charge on any atom is 0.301 e. The van der Waals surface area contributed by atoms with Gasteiger partial charge in [0.25, 0.3) is 5.78 Å². The zero-order valence-electron chi connectivity index (χ0n) is 21.1. The molecule has 1 aromatic heterocycles. The van der Waals surface area contributed by atoms with Crippen LogP contribution in [0, 0.1) is 0 Å². The summed E-state index contributed by atoms with van der Waals surface area (Å²) in [5.41, 5.74) is 1.65. The number of rotatable bonds is 8. The Hall–Kier alpha value is -4.37. The molecule has 8 nitrogen and oxygen atoms in total. The van der Waals surface area contributed by atoms with Crippen LogP contribution in [0.15, 0.2) is 72.3 Å². The normalized spacial score (nSPS) is 16.7. The van der Waals surface area contributed by atoms with Gasteiger partial charge in [0.2, 0.25) is 0 Å². The third-order valence-corrected chi connectivity index (χ3v) is 7.18. The minimum atomic E-state index is -0.899. The number of Topliss-reactive ketones (excluding diaryl/α,β-unsaturated/α-hetero) is 1. The average Bonchev–Trinajstić information content (AvgIpc) is 3.46. The number of carbonyl (C=O) groups is 2. The van der Waals surface area contributed by atoms with Crippen LogP contribution in [-0.4, -0.2) is 42.1 Å². The van der Waals surface area contributed by atoms with Crippen molar-refractivity contribution < 1.29 is 28.9 Å². The van der Waals surface area contributed by atoms with Crippen LogP contribution < -0.4 is 19.1 Å². The minimum Gasteiger partial charge on any atom is -0.507 e. The van der Waals surface area contributed by atoms with E-state index in [0.29, 0.717) is 52.2 Å². The molecule has 1 aliphatic rings. The topological polar surface area (TPSA) is 98.2 Å². The molecule has 1 aliphatic heterocycles. The standard InChI is InChI=1S/C29H26N2O6S/c1-4-36-20-8-6-7-18(15-20)26(32)24-25(17-9-11-19(35-3)12-10-17)31(28(34)27(24)33)29-30-22-14-13-21(37-5-2)16-23(22)38-29/h6-16,25,32H,4-5H2,1-3H3/b26-24+. The van der Waals surface area contributed by atoms with Crippen molar-refractivity contribution in [2.45, 2.75) is 19.9 Å². The number of methoxy groups -OCH3 is 1. The van der Waals surface area contributed by atoms with Gasteiger partial charge in [-0.1, -0.05) is 35.6 Å². The number of benzene rings is 3. The second-order valence-corrected chi connectivity index (χ2v) is 9.47. The fourth-order valence-corrected chi connectivity index (χ4v) is 5.46. The van der Waals surface area contributed by atoms with E-state index in [1.807, 2.05) is 32.0 Å². The number of aliphatic hydroxyl groups is 1. The van der Waals surface area contributed by atoms with Crippen LogP contribution in [0.1, 0.15) is 31.0 Å². The number of ether oxygens (including phenoxy) is 3. The van der Waals surface area contributed by atoms with Crippen LogP contribution in [0.25, 0.3) is 16.0 Å². The van der Waals surface area contributed by atoms with Gasteiger partial charge in [0.15, 0.2) is 5.13 Å². The molecule has 0 aliphatic carbocycles. The summed E-state index contributed by atoms with van der Waals surface area (Å²) in [6, 6.07) is 18.4. The Morgan fingerprint density at radius 2 is 1.63 bits per heavy atom. The highest BCUT2D eigenvalue weighted by molar-refractivity contribution is 7.22. The number of hydrogen-bond donors (Lipinski definition) is 1. The van der Waals surface area contributed by atoms with E-state index < -0.39 is 17.7 Å². The number of carbonyl (C=O) groups excluding carboxylic acids is 2. The molecule has 194 valence electrons. The first-order chi connectivity index (χ1) is 18.4. The summed E-state index contributed by atoms with van der Waals surface area (Å²) in [6.07, 6.45) is 0. The van der Waals surface area contributed by atoms with E-state index >= 15 is 0 Å². The summed E-state index contributed by atoms with van der Waals surface area (Å²) >= 11 is 1.28. The largest absolute Gasteiger partial charge is 0.507 e. The number of aromatic nitrogens is 1. The van der Waals surface area contributed by atoms with Gasteiger partial charge in [-0.3, -0.25) is 14.5 Å². The van der Waals surface area contributed by atoms with Crippen molar-refractivity contribution in [3.63, 3.8) is 0 Å².